The second-order valence-electron chi connectivity index (χ2n) is 5.08. The fraction of sp³-hybridized carbons (Fsp3) is 0.600. The van der Waals surface area contributed by atoms with E-state index in [9.17, 15) is 0 Å². The summed E-state index contributed by atoms with van der Waals surface area (Å²) in [6.45, 7) is 4.80. The van der Waals surface area contributed by atoms with Crippen molar-refractivity contribution in [2.75, 3.05) is 19.7 Å². The molecule has 2 rings (SSSR count). The third-order valence-electron chi connectivity index (χ3n) is 3.52. The number of halogens is 1. The Balaban J connectivity index is 0.00000200. The van der Waals surface area contributed by atoms with Crippen LogP contribution < -0.4 is 5.32 Å². The van der Waals surface area contributed by atoms with Gasteiger partial charge in [0.15, 0.2) is 0 Å². The van der Waals surface area contributed by atoms with Gasteiger partial charge < -0.3 is 14.6 Å². The van der Waals surface area contributed by atoms with Crippen LogP contribution >= 0.6 is 12.4 Å². The molecule has 1 aromatic carbocycles. The molecule has 1 N–H and O–H groups in total. The van der Waals surface area contributed by atoms with Crippen molar-refractivity contribution in [2.24, 2.45) is 5.92 Å². The van der Waals surface area contributed by atoms with Crippen LogP contribution in [-0.2, 0) is 15.7 Å². The lowest BCUT2D eigenvalue weighted by Gasteiger charge is -2.32. The standard InChI is InChI=1S/C15H23BNO2.ClH/c1-2-10-18-16-19-15-12-17-9-8-14(15)11-13-6-4-3-5-7-13;/h3-7,14-15,17H,2,8-12H2,1H3;1H. The van der Waals surface area contributed by atoms with E-state index in [1.165, 1.54) is 13.2 Å². The van der Waals surface area contributed by atoms with E-state index >= 15 is 0 Å². The van der Waals surface area contributed by atoms with Crippen molar-refractivity contribution >= 4 is 20.1 Å². The topological polar surface area (TPSA) is 30.5 Å². The monoisotopic (exact) mass is 296 g/mol. The molecule has 0 spiro atoms. The molecule has 2 unspecified atom stereocenters. The third-order valence-corrected chi connectivity index (χ3v) is 3.52. The summed E-state index contributed by atoms with van der Waals surface area (Å²) in [6, 6.07) is 10.6. The van der Waals surface area contributed by atoms with E-state index in [4.69, 9.17) is 9.31 Å². The normalized spacial score (nSPS) is 22.1. The molecule has 20 heavy (non-hydrogen) atoms. The zero-order valence-corrected chi connectivity index (χ0v) is 12.9. The highest BCUT2D eigenvalue weighted by Gasteiger charge is 2.25. The molecule has 1 fully saturated rings. The Morgan fingerprint density at radius 1 is 1.30 bits per heavy atom. The molecule has 1 radical (unpaired) electrons. The second-order valence-corrected chi connectivity index (χ2v) is 5.08. The zero-order chi connectivity index (χ0) is 13.3. The van der Waals surface area contributed by atoms with Crippen molar-refractivity contribution in [1.82, 2.24) is 5.32 Å². The van der Waals surface area contributed by atoms with Gasteiger partial charge in [-0.05, 0) is 37.3 Å². The summed E-state index contributed by atoms with van der Waals surface area (Å²) >= 11 is 0. The molecule has 0 bridgehead atoms. The summed E-state index contributed by atoms with van der Waals surface area (Å²) in [7, 11) is 1.53. The van der Waals surface area contributed by atoms with Gasteiger partial charge in [0.1, 0.15) is 0 Å². The van der Waals surface area contributed by atoms with Crippen LogP contribution in [0.15, 0.2) is 30.3 Å². The fourth-order valence-electron chi connectivity index (χ4n) is 2.47. The molecule has 1 aromatic rings. The maximum Gasteiger partial charge on any atom is 0.488 e. The van der Waals surface area contributed by atoms with Gasteiger partial charge in [0.25, 0.3) is 0 Å². The van der Waals surface area contributed by atoms with Crippen LogP contribution in [0.3, 0.4) is 0 Å². The highest BCUT2D eigenvalue weighted by Crippen LogP contribution is 2.20. The molecule has 1 aliphatic rings. The Hall–Kier alpha value is -0.545. The quantitative estimate of drug-likeness (QED) is 0.620. The first kappa shape index (κ1) is 17.5. The molecule has 0 aromatic heterocycles. The van der Waals surface area contributed by atoms with Crippen LogP contribution in [0.5, 0.6) is 0 Å². The van der Waals surface area contributed by atoms with Crippen molar-refractivity contribution < 1.29 is 9.31 Å². The first-order valence-electron chi connectivity index (χ1n) is 7.23. The number of piperidine rings is 1. The van der Waals surface area contributed by atoms with Crippen molar-refractivity contribution in [2.45, 2.75) is 32.3 Å². The maximum absolute atomic E-state index is 5.76. The molecule has 1 aliphatic heterocycles. The van der Waals surface area contributed by atoms with E-state index in [-0.39, 0.29) is 18.5 Å². The van der Waals surface area contributed by atoms with Crippen LogP contribution in [0.25, 0.3) is 0 Å². The van der Waals surface area contributed by atoms with Crippen molar-refractivity contribution in [3.05, 3.63) is 35.9 Å². The Kier molecular flexibility index (Phi) is 8.95. The van der Waals surface area contributed by atoms with Gasteiger partial charge in [-0.25, -0.2) is 0 Å². The van der Waals surface area contributed by atoms with Gasteiger partial charge in [0, 0.05) is 13.2 Å². The maximum atomic E-state index is 5.76. The minimum atomic E-state index is 0. The summed E-state index contributed by atoms with van der Waals surface area (Å²) in [5.74, 6) is 0.560. The third kappa shape index (κ3) is 5.84. The number of benzene rings is 1. The first-order valence-corrected chi connectivity index (χ1v) is 7.23. The average molecular weight is 297 g/mol. The second kappa shape index (κ2) is 10.2. The van der Waals surface area contributed by atoms with Gasteiger partial charge in [-0.3, -0.25) is 0 Å². The van der Waals surface area contributed by atoms with Gasteiger partial charge in [-0.15, -0.1) is 12.4 Å². The van der Waals surface area contributed by atoms with Gasteiger partial charge in [0.05, 0.1) is 6.10 Å². The number of rotatable bonds is 7. The van der Waals surface area contributed by atoms with Gasteiger partial charge in [0.2, 0.25) is 0 Å². The zero-order valence-electron chi connectivity index (χ0n) is 12.1. The Morgan fingerprint density at radius 3 is 2.85 bits per heavy atom. The Morgan fingerprint density at radius 2 is 2.10 bits per heavy atom. The summed E-state index contributed by atoms with van der Waals surface area (Å²) < 4.78 is 11.1. The van der Waals surface area contributed by atoms with Crippen LogP contribution in [0.4, 0.5) is 0 Å². The molecular formula is C15H24BClNO2. The van der Waals surface area contributed by atoms with Crippen LogP contribution in [0.2, 0.25) is 0 Å². The molecule has 0 saturated carbocycles. The molecule has 0 amide bonds. The van der Waals surface area contributed by atoms with Crippen molar-refractivity contribution in [1.29, 1.82) is 0 Å². The van der Waals surface area contributed by atoms with E-state index in [1.54, 1.807) is 0 Å². The van der Waals surface area contributed by atoms with E-state index in [0.717, 1.165) is 39.0 Å². The molecule has 3 nitrogen and oxygen atoms in total. The predicted molar refractivity (Wildman–Crippen MR) is 85.2 cm³/mol. The Bertz CT molecular complexity index is 353. The molecule has 5 heteroatoms. The number of hydrogen-bond donors (Lipinski definition) is 1. The summed E-state index contributed by atoms with van der Waals surface area (Å²) in [5.41, 5.74) is 1.39. The average Bonchev–Trinajstić information content (AvgIpc) is 2.46. The van der Waals surface area contributed by atoms with Gasteiger partial charge >= 0.3 is 7.69 Å². The lowest BCUT2D eigenvalue weighted by atomic mass is 9.88. The summed E-state index contributed by atoms with van der Waals surface area (Å²) in [6.07, 6.45) is 3.46. The van der Waals surface area contributed by atoms with Gasteiger partial charge in [-0.1, -0.05) is 37.3 Å². The minimum absolute atomic E-state index is 0. The van der Waals surface area contributed by atoms with Crippen molar-refractivity contribution in [3.63, 3.8) is 0 Å². The van der Waals surface area contributed by atoms with Gasteiger partial charge in [-0.2, -0.15) is 0 Å². The van der Waals surface area contributed by atoms with Crippen LogP contribution in [-0.4, -0.2) is 33.5 Å². The van der Waals surface area contributed by atoms with E-state index in [0.29, 0.717) is 5.92 Å². The van der Waals surface area contributed by atoms with E-state index < -0.39 is 0 Å². The molecule has 2 atom stereocenters. The van der Waals surface area contributed by atoms with Crippen LogP contribution in [0.1, 0.15) is 25.3 Å². The largest absolute Gasteiger partial charge is 0.488 e. The van der Waals surface area contributed by atoms with Crippen molar-refractivity contribution in [3.8, 4) is 0 Å². The summed E-state index contributed by atoms with van der Waals surface area (Å²) in [4.78, 5) is 0. The minimum Gasteiger partial charge on any atom is -0.413 e. The number of nitrogens with one attached hydrogen (secondary N) is 1. The SMILES string of the molecule is CCCO[B]OC1CNCCC1Cc1ccccc1.Cl. The molecule has 1 saturated heterocycles. The predicted octanol–water partition coefficient (Wildman–Crippen LogP) is 2.61. The highest BCUT2D eigenvalue weighted by molar-refractivity contribution is 6.18. The number of hydrogen-bond acceptors (Lipinski definition) is 3. The molecule has 0 aliphatic carbocycles. The molecular weight excluding hydrogens is 272 g/mol. The first-order chi connectivity index (χ1) is 9.40. The summed E-state index contributed by atoms with van der Waals surface area (Å²) in [5, 5.41) is 3.39. The lowest BCUT2D eigenvalue weighted by Crippen LogP contribution is -2.44. The van der Waals surface area contributed by atoms with E-state index in [2.05, 4.69) is 42.6 Å². The molecule has 111 valence electrons. The lowest BCUT2D eigenvalue weighted by molar-refractivity contribution is 0.0823. The fourth-order valence-corrected chi connectivity index (χ4v) is 2.47. The highest BCUT2D eigenvalue weighted by atomic mass is 35.5. The smallest absolute Gasteiger partial charge is 0.413 e. The van der Waals surface area contributed by atoms with Crippen LogP contribution in [0, 0.1) is 5.92 Å². The Labute approximate surface area is 129 Å². The molecule has 1 heterocycles. The van der Waals surface area contributed by atoms with E-state index in [1.807, 2.05) is 0 Å².